The Labute approximate surface area is 164 Å². The van der Waals surface area contributed by atoms with E-state index in [9.17, 15) is 24.3 Å². The van der Waals surface area contributed by atoms with Crippen molar-refractivity contribution < 1.29 is 24.3 Å². The molecule has 0 heterocycles. The average Bonchev–Trinajstić information content (AvgIpc) is 2.69. The van der Waals surface area contributed by atoms with E-state index in [1.165, 1.54) is 0 Å². The van der Waals surface area contributed by atoms with Crippen LogP contribution in [0.2, 0.25) is 0 Å². The van der Waals surface area contributed by atoms with Crippen molar-refractivity contribution >= 4 is 23.7 Å². The molecule has 3 atom stereocenters. The zero-order chi connectivity index (χ0) is 21.1. The highest BCUT2D eigenvalue weighted by atomic mass is 16.4. The second kappa shape index (κ2) is 11.7. The highest BCUT2D eigenvalue weighted by molar-refractivity contribution is 5.92. The lowest BCUT2D eigenvalue weighted by Crippen LogP contribution is -2.55. The first-order chi connectivity index (χ1) is 13.3. The summed E-state index contributed by atoms with van der Waals surface area (Å²) < 4.78 is 0. The SMILES string of the molecule is CCC(C)C(NC(=O)C(Cc1ccccc1)NC(=O)CNC(=O)CN)C(=O)O. The molecule has 1 rings (SSSR count). The van der Waals surface area contributed by atoms with Crippen molar-refractivity contribution in [2.45, 2.75) is 38.8 Å². The van der Waals surface area contributed by atoms with E-state index >= 15 is 0 Å². The maximum absolute atomic E-state index is 12.7. The van der Waals surface area contributed by atoms with Gasteiger partial charge < -0.3 is 26.8 Å². The molecule has 0 bridgehead atoms. The molecule has 0 saturated carbocycles. The second-order valence-corrected chi connectivity index (χ2v) is 6.50. The molecule has 3 unspecified atom stereocenters. The first kappa shape index (κ1) is 23.1. The molecule has 9 nitrogen and oxygen atoms in total. The molecule has 6 N–H and O–H groups in total. The molecule has 1 aromatic rings. The molecule has 0 fully saturated rings. The van der Waals surface area contributed by atoms with Gasteiger partial charge in [0.15, 0.2) is 0 Å². The molecule has 0 spiro atoms. The summed E-state index contributed by atoms with van der Waals surface area (Å²) in [7, 11) is 0. The van der Waals surface area contributed by atoms with Crippen LogP contribution in [0, 0.1) is 5.92 Å². The van der Waals surface area contributed by atoms with Gasteiger partial charge in [0.1, 0.15) is 12.1 Å². The minimum atomic E-state index is -1.14. The lowest BCUT2D eigenvalue weighted by Gasteiger charge is -2.24. The van der Waals surface area contributed by atoms with E-state index in [2.05, 4.69) is 16.0 Å². The molecule has 0 aromatic heterocycles. The van der Waals surface area contributed by atoms with Crippen molar-refractivity contribution in [2.24, 2.45) is 11.7 Å². The summed E-state index contributed by atoms with van der Waals surface area (Å²) in [6, 6.07) is 6.96. The van der Waals surface area contributed by atoms with Crippen molar-refractivity contribution in [1.82, 2.24) is 16.0 Å². The van der Waals surface area contributed by atoms with Crippen molar-refractivity contribution in [3.05, 3.63) is 35.9 Å². The normalized spacial score (nSPS) is 13.7. The maximum atomic E-state index is 12.7. The van der Waals surface area contributed by atoms with E-state index < -0.39 is 35.8 Å². The Balaban J connectivity index is 2.89. The van der Waals surface area contributed by atoms with Gasteiger partial charge in [0.25, 0.3) is 0 Å². The maximum Gasteiger partial charge on any atom is 0.326 e. The first-order valence-electron chi connectivity index (χ1n) is 9.11. The third-order valence-electron chi connectivity index (χ3n) is 4.34. The highest BCUT2D eigenvalue weighted by Crippen LogP contribution is 2.09. The predicted octanol–water partition coefficient (Wildman–Crippen LogP) is -0.596. The molecule has 154 valence electrons. The molecule has 0 aliphatic rings. The lowest BCUT2D eigenvalue weighted by molar-refractivity contribution is -0.143. The zero-order valence-electron chi connectivity index (χ0n) is 16.1. The zero-order valence-corrected chi connectivity index (χ0v) is 16.1. The Morgan fingerprint density at radius 2 is 1.71 bits per heavy atom. The van der Waals surface area contributed by atoms with Crippen LogP contribution in [0.15, 0.2) is 30.3 Å². The number of aliphatic carboxylic acids is 1. The van der Waals surface area contributed by atoms with Gasteiger partial charge in [-0.2, -0.15) is 0 Å². The van der Waals surface area contributed by atoms with Crippen LogP contribution in [-0.4, -0.2) is 54.0 Å². The van der Waals surface area contributed by atoms with Crippen molar-refractivity contribution in [1.29, 1.82) is 0 Å². The number of nitrogens with one attached hydrogen (secondary N) is 3. The number of benzene rings is 1. The average molecular weight is 392 g/mol. The number of hydrogen-bond donors (Lipinski definition) is 5. The highest BCUT2D eigenvalue weighted by Gasteiger charge is 2.29. The van der Waals surface area contributed by atoms with Gasteiger partial charge in [0.2, 0.25) is 17.7 Å². The Kier molecular flexibility index (Phi) is 9.66. The number of carboxylic acid groups (broad SMARTS) is 1. The molecule has 0 aliphatic heterocycles. The van der Waals surface area contributed by atoms with Gasteiger partial charge in [-0.1, -0.05) is 50.6 Å². The van der Waals surface area contributed by atoms with Crippen LogP contribution >= 0.6 is 0 Å². The summed E-state index contributed by atoms with van der Waals surface area (Å²) in [5.74, 6) is -3.09. The van der Waals surface area contributed by atoms with Crippen LogP contribution in [0.1, 0.15) is 25.8 Å². The Hall–Kier alpha value is -2.94. The summed E-state index contributed by atoms with van der Waals surface area (Å²) in [6.45, 7) is 2.97. The molecule has 9 heteroatoms. The fraction of sp³-hybridized carbons (Fsp3) is 0.474. The quantitative estimate of drug-likeness (QED) is 0.339. The van der Waals surface area contributed by atoms with Crippen LogP contribution in [0.5, 0.6) is 0 Å². The molecule has 1 aromatic carbocycles. The van der Waals surface area contributed by atoms with Crippen molar-refractivity contribution in [3.8, 4) is 0 Å². The van der Waals surface area contributed by atoms with Gasteiger partial charge in [-0.25, -0.2) is 4.79 Å². The molecular weight excluding hydrogens is 364 g/mol. The van der Waals surface area contributed by atoms with Crippen LogP contribution < -0.4 is 21.7 Å². The minimum absolute atomic E-state index is 0.177. The van der Waals surface area contributed by atoms with Gasteiger partial charge in [0.05, 0.1) is 13.1 Å². The molecule has 0 radical (unpaired) electrons. The summed E-state index contributed by atoms with van der Waals surface area (Å²) in [4.78, 5) is 47.5. The summed E-state index contributed by atoms with van der Waals surface area (Å²) in [5.41, 5.74) is 5.97. The number of rotatable bonds is 11. The lowest BCUT2D eigenvalue weighted by atomic mass is 9.98. The van der Waals surface area contributed by atoms with Gasteiger partial charge >= 0.3 is 5.97 Å². The van der Waals surface area contributed by atoms with Gasteiger partial charge in [-0.3, -0.25) is 14.4 Å². The van der Waals surface area contributed by atoms with Gasteiger partial charge in [0, 0.05) is 6.42 Å². The first-order valence-corrected chi connectivity index (χ1v) is 9.11. The van der Waals surface area contributed by atoms with E-state index in [4.69, 9.17) is 5.73 Å². The Bertz CT molecular complexity index is 680. The molecule has 0 aliphatic carbocycles. The Morgan fingerprint density at radius 3 is 2.25 bits per heavy atom. The van der Waals surface area contributed by atoms with Gasteiger partial charge in [-0.05, 0) is 11.5 Å². The summed E-state index contributed by atoms with van der Waals surface area (Å²) in [5, 5.41) is 16.8. The van der Waals surface area contributed by atoms with E-state index in [0.29, 0.717) is 6.42 Å². The summed E-state index contributed by atoms with van der Waals surface area (Å²) in [6.07, 6.45) is 0.744. The topological polar surface area (TPSA) is 151 Å². The smallest absolute Gasteiger partial charge is 0.326 e. The largest absolute Gasteiger partial charge is 0.480 e. The molecule has 3 amide bonds. The fourth-order valence-electron chi connectivity index (χ4n) is 2.49. The minimum Gasteiger partial charge on any atom is -0.480 e. The predicted molar refractivity (Wildman–Crippen MR) is 103 cm³/mol. The van der Waals surface area contributed by atoms with E-state index in [0.717, 1.165) is 5.56 Å². The fourth-order valence-corrected chi connectivity index (χ4v) is 2.49. The van der Waals surface area contributed by atoms with Crippen LogP contribution in [0.4, 0.5) is 0 Å². The Morgan fingerprint density at radius 1 is 1.07 bits per heavy atom. The number of amides is 3. The third kappa shape index (κ3) is 7.75. The van der Waals surface area contributed by atoms with Crippen LogP contribution in [-0.2, 0) is 25.6 Å². The standard InChI is InChI=1S/C19H28N4O5/c1-3-12(2)17(19(27)28)23-18(26)14(9-13-7-5-4-6-8-13)22-16(25)11-21-15(24)10-20/h4-8,12,14,17H,3,9-11,20H2,1-2H3,(H,21,24)(H,22,25)(H,23,26)(H,27,28). The van der Waals surface area contributed by atoms with E-state index in [1.807, 2.05) is 13.0 Å². The van der Waals surface area contributed by atoms with E-state index in [1.54, 1.807) is 31.2 Å². The van der Waals surface area contributed by atoms with Crippen molar-refractivity contribution in [3.63, 3.8) is 0 Å². The number of carbonyl (C=O) groups is 4. The molecule has 0 saturated heterocycles. The van der Waals surface area contributed by atoms with Gasteiger partial charge in [-0.15, -0.1) is 0 Å². The third-order valence-corrected chi connectivity index (χ3v) is 4.34. The molecule has 28 heavy (non-hydrogen) atoms. The van der Waals surface area contributed by atoms with Crippen molar-refractivity contribution in [2.75, 3.05) is 13.1 Å². The number of nitrogens with two attached hydrogens (primary N) is 1. The molecular formula is C19H28N4O5. The van der Waals surface area contributed by atoms with Crippen LogP contribution in [0.3, 0.4) is 0 Å². The monoisotopic (exact) mass is 392 g/mol. The number of carbonyl (C=O) groups excluding carboxylic acids is 3. The summed E-state index contributed by atoms with van der Waals surface area (Å²) >= 11 is 0. The number of hydrogen-bond acceptors (Lipinski definition) is 5. The number of carboxylic acids is 1. The van der Waals surface area contributed by atoms with Crippen LogP contribution in [0.25, 0.3) is 0 Å². The van der Waals surface area contributed by atoms with E-state index in [-0.39, 0.29) is 25.4 Å². The second-order valence-electron chi connectivity index (χ2n) is 6.50.